The first-order chi connectivity index (χ1) is 5.99. The van der Waals surface area contributed by atoms with Gasteiger partial charge in [0.1, 0.15) is 0 Å². The van der Waals surface area contributed by atoms with Gasteiger partial charge in [-0.15, -0.1) is 0 Å². The molecule has 0 saturated heterocycles. The Morgan fingerprint density at radius 3 is 2.31 bits per heavy atom. The largest absolute Gasteiger partial charge is 0.467 e. The van der Waals surface area contributed by atoms with Gasteiger partial charge in [0.05, 0.1) is 13.4 Å². The molecule has 13 heavy (non-hydrogen) atoms. The summed E-state index contributed by atoms with van der Waals surface area (Å²) in [7, 11) is 5.10. The summed E-state index contributed by atoms with van der Waals surface area (Å²) in [5.41, 5.74) is 0. The van der Waals surface area contributed by atoms with Gasteiger partial charge < -0.3 is 9.64 Å². The van der Waals surface area contributed by atoms with Crippen molar-refractivity contribution in [3.8, 4) is 0 Å². The normalized spacial score (nSPS) is 13.4. The topological polar surface area (TPSA) is 41.9 Å². The van der Waals surface area contributed by atoms with Gasteiger partial charge in [-0.1, -0.05) is 13.8 Å². The van der Waals surface area contributed by atoms with Gasteiger partial charge in [-0.05, 0) is 5.92 Å². The zero-order valence-electron chi connectivity index (χ0n) is 8.94. The molecule has 0 rings (SSSR count). The summed E-state index contributed by atoms with van der Waals surface area (Å²) in [6, 6.07) is -0.396. The van der Waals surface area contributed by atoms with Gasteiger partial charge in [0.25, 0.3) is 0 Å². The van der Waals surface area contributed by atoms with E-state index in [2.05, 4.69) is 9.73 Å². The Morgan fingerprint density at radius 2 is 2.00 bits per heavy atom. The number of rotatable bonds is 4. The summed E-state index contributed by atoms with van der Waals surface area (Å²) in [5, 5.41) is 0. The standard InChI is InChI=1S/C9H18N2O2/c1-7(2)8(9(12)13-5)10-6-11(3)4/h6-8H,1-5H3. The summed E-state index contributed by atoms with van der Waals surface area (Å²) in [6.07, 6.45) is 1.63. The minimum absolute atomic E-state index is 0.156. The average molecular weight is 186 g/mol. The maximum Gasteiger partial charge on any atom is 0.330 e. The summed E-state index contributed by atoms with van der Waals surface area (Å²) in [4.78, 5) is 17.1. The van der Waals surface area contributed by atoms with Crippen LogP contribution in [0.15, 0.2) is 4.99 Å². The molecule has 0 aromatic carbocycles. The predicted molar refractivity (Wildman–Crippen MR) is 52.8 cm³/mol. The Labute approximate surface area is 79.6 Å². The third-order valence-corrected chi connectivity index (χ3v) is 1.53. The van der Waals surface area contributed by atoms with Crippen LogP contribution in [0.25, 0.3) is 0 Å². The molecule has 0 saturated carbocycles. The Bertz CT molecular complexity index is 188. The summed E-state index contributed by atoms with van der Waals surface area (Å²) in [5.74, 6) is -0.128. The zero-order valence-corrected chi connectivity index (χ0v) is 8.94. The van der Waals surface area contributed by atoms with Crippen molar-refractivity contribution in [2.45, 2.75) is 19.9 Å². The monoisotopic (exact) mass is 186 g/mol. The van der Waals surface area contributed by atoms with Crippen molar-refractivity contribution in [3.63, 3.8) is 0 Å². The van der Waals surface area contributed by atoms with Crippen LogP contribution in [-0.2, 0) is 9.53 Å². The minimum Gasteiger partial charge on any atom is -0.467 e. The number of esters is 1. The van der Waals surface area contributed by atoms with E-state index >= 15 is 0 Å². The summed E-state index contributed by atoms with van der Waals surface area (Å²) < 4.78 is 4.63. The highest BCUT2D eigenvalue weighted by molar-refractivity contribution is 5.77. The molecule has 1 unspecified atom stereocenters. The van der Waals surface area contributed by atoms with E-state index in [0.717, 1.165) is 0 Å². The van der Waals surface area contributed by atoms with Gasteiger partial charge in [-0.3, -0.25) is 4.99 Å². The highest BCUT2D eigenvalue weighted by atomic mass is 16.5. The summed E-state index contributed by atoms with van der Waals surface area (Å²) >= 11 is 0. The van der Waals surface area contributed by atoms with E-state index in [1.165, 1.54) is 7.11 Å². The molecule has 4 heteroatoms. The molecule has 0 fully saturated rings. The number of hydrogen-bond donors (Lipinski definition) is 0. The molecule has 1 atom stereocenters. The van der Waals surface area contributed by atoms with Gasteiger partial charge in [-0.25, -0.2) is 4.79 Å². The molecule has 0 aliphatic carbocycles. The Morgan fingerprint density at radius 1 is 1.46 bits per heavy atom. The fourth-order valence-corrected chi connectivity index (χ4v) is 0.831. The quantitative estimate of drug-likeness (QED) is 0.370. The molecule has 4 nitrogen and oxygen atoms in total. The van der Waals surface area contributed by atoms with E-state index in [9.17, 15) is 4.79 Å². The van der Waals surface area contributed by atoms with Crippen molar-refractivity contribution in [1.29, 1.82) is 0 Å². The van der Waals surface area contributed by atoms with Crippen molar-refractivity contribution >= 4 is 12.3 Å². The highest BCUT2D eigenvalue weighted by Crippen LogP contribution is 2.07. The van der Waals surface area contributed by atoms with Crippen molar-refractivity contribution in [3.05, 3.63) is 0 Å². The van der Waals surface area contributed by atoms with E-state index in [1.54, 1.807) is 11.2 Å². The maximum absolute atomic E-state index is 11.2. The number of ether oxygens (including phenoxy) is 1. The van der Waals surface area contributed by atoms with Gasteiger partial charge >= 0.3 is 5.97 Å². The Balaban J connectivity index is 4.35. The first-order valence-electron chi connectivity index (χ1n) is 4.26. The van der Waals surface area contributed by atoms with Crippen LogP contribution in [0.3, 0.4) is 0 Å². The fourth-order valence-electron chi connectivity index (χ4n) is 0.831. The number of hydrogen-bond acceptors (Lipinski definition) is 3. The van der Waals surface area contributed by atoms with E-state index in [-0.39, 0.29) is 11.9 Å². The Kier molecular flexibility index (Phi) is 5.11. The zero-order chi connectivity index (χ0) is 10.4. The number of aliphatic imine (C=N–C) groups is 1. The number of nitrogens with zero attached hydrogens (tertiary/aromatic N) is 2. The van der Waals surface area contributed by atoms with Crippen LogP contribution in [0.5, 0.6) is 0 Å². The van der Waals surface area contributed by atoms with Gasteiger partial charge in [-0.2, -0.15) is 0 Å². The molecular formula is C9H18N2O2. The molecule has 0 radical (unpaired) electrons. The van der Waals surface area contributed by atoms with E-state index in [1.807, 2.05) is 27.9 Å². The van der Waals surface area contributed by atoms with Crippen molar-refractivity contribution in [2.24, 2.45) is 10.9 Å². The second kappa shape index (κ2) is 5.56. The van der Waals surface area contributed by atoms with Gasteiger partial charge in [0.2, 0.25) is 0 Å². The maximum atomic E-state index is 11.2. The number of carbonyl (C=O) groups excluding carboxylic acids is 1. The van der Waals surface area contributed by atoms with E-state index in [0.29, 0.717) is 0 Å². The first-order valence-corrected chi connectivity index (χ1v) is 4.26. The third-order valence-electron chi connectivity index (χ3n) is 1.53. The van der Waals surface area contributed by atoms with Crippen LogP contribution < -0.4 is 0 Å². The van der Waals surface area contributed by atoms with Crippen LogP contribution in [0.2, 0.25) is 0 Å². The highest BCUT2D eigenvalue weighted by Gasteiger charge is 2.21. The van der Waals surface area contributed by atoms with E-state index in [4.69, 9.17) is 0 Å². The van der Waals surface area contributed by atoms with Crippen LogP contribution in [-0.4, -0.2) is 44.5 Å². The molecule has 0 bridgehead atoms. The average Bonchev–Trinajstić information content (AvgIpc) is 2.03. The SMILES string of the molecule is COC(=O)C(N=CN(C)C)C(C)C. The van der Waals surface area contributed by atoms with Crippen molar-refractivity contribution in [1.82, 2.24) is 4.90 Å². The lowest BCUT2D eigenvalue weighted by Gasteiger charge is -2.14. The number of carbonyl (C=O) groups is 1. The molecule has 76 valence electrons. The van der Waals surface area contributed by atoms with Crippen LogP contribution in [0, 0.1) is 5.92 Å². The lowest BCUT2D eigenvalue weighted by molar-refractivity contribution is -0.143. The first kappa shape index (κ1) is 11.9. The molecule has 0 N–H and O–H groups in total. The molecule has 0 aliphatic rings. The predicted octanol–water partition coefficient (Wildman–Crippen LogP) is 0.774. The van der Waals surface area contributed by atoms with Crippen LogP contribution in [0.4, 0.5) is 0 Å². The minimum atomic E-state index is -0.396. The molecule has 0 aromatic rings. The molecule has 0 spiro atoms. The second-order valence-electron chi connectivity index (χ2n) is 3.44. The molecule has 0 amide bonds. The molecule has 0 aliphatic heterocycles. The third kappa shape index (κ3) is 4.50. The van der Waals surface area contributed by atoms with Crippen molar-refractivity contribution < 1.29 is 9.53 Å². The Hall–Kier alpha value is -1.06. The molecule has 0 aromatic heterocycles. The number of methoxy groups -OCH3 is 1. The van der Waals surface area contributed by atoms with Crippen LogP contribution in [0.1, 0.15) is 13.8 Å². The van der Waals surface area contributed by atoms with Crippen LogP contribution >= 0.6 is 0 Å². The molecular weight excluding hydrogens is 168 g/mol. The second-order valence-corrected chi connectivity index (χ2v) is 3.44. The fraction of sp³-hybridized carbons (Fsp3) is 0.778. The molecule has 0 heterocycles. The van der Waals surface area contributed by atoms with Gasteiger partial charge in [0, 0.05) is 14.1 Å². The summed E-state index contributed by atoms with van der Waals surface area (Å²) in [6.45, 7) is 3.88. The van der Waals surface area contributed by atoms with Gasteiger partial charge in [0.15, 0.2) is 6.04 Å². The lowest BCUT2D eigenvalue weighted by atomic mass is 10.1. The lowest BCUT2D eigenvalue weighted by Crippen LogP contribution is -2.27. The van der Waals surface area contributed by atoms with E-state index < -0.39 is 6.04 Å². The van der Waals surface area contributed by atoms with Crippen molar-refractivity contribution in [2.75, 3.05) is 21.2 Å². The smallest absolute Gasteiger partial charge is 0.330 e.